The quantitative estimate of drug-likeness (QED) is 0.736. The molecule has 2 unspecified atom stereocenters. The molecule has 120 valence electrons. The van der Waals surface area contributed by atoms with Gasteiger partial charge in [0.2, 0.25) is 0 Å². The molecule has 2 atom stereocenters. The summed E-state index contributed by atoms with van der Waals surface area (Å²) in [6, 6.07) is 4.89. The van der Waals surface area contributed by atoms with E-state index in [0.717, 1.165) is 31.4 Å². The largest absolute Gasteiger partial charge is 0.416 e. The zero-order valence-corrected chi connectivity index (χ0v) is 13.2. The first kappa shape index (κ1) is 18.2. The van der Waals surface area contributed by atoms with Crippen molar-refractivity contribution < 1.29 is 17.4 Å². The molecule has 0 radical (unpaired) electrons. The molecule has 0 spiro atoms. The van der Waals surface area contributed by atoms with Crippen LogP contribution >= 0.6 is 0 Å². The Labute approximate surface area is 126 Å². The van der Waals surface area contributed by atoms with Gasteiger partial charge in [0.15, 0.2) is 0 Å². The lowest BCUT2D eigenvalue weighted by Gasteiger charge is -2.18. The molecule has 1 aromatic carbocycles. The molecular formula is C15H22F3NOS. The minimum atomic E-state index is -4.35. The van der Waals surface area contributed by atoms with Crippen LogP contribution in [0.15, 0.2) is 24.3 Å². The van der Waals surface area contributed by atoms with Crippen LogP contribution < -0.4 is 5.32 Å². The first-order valence-electron chi connectivity index (χ1n) is 7.08. The lowest BCUT2D eigenvalue weighted by atomic mass is 10.1. The van der Waals surface area contributed by atoms with Crippen LogP contribution in [0.3, 0.4) is 0 Å². The molecule has 0 aliphatic rings. The van der Waals surface area contributed by atoms with Gasteiger partial charge < -0.3 is 5.32 Å². The third kappa shape index (κ3) is 6.18. The average molecular weight is 321 g/mol. The highest BCUT2D eigenvalue weighted by Gasteiger charge is 2.31. The van der Waals surface area contributed by atoms with Gasteiger partial charge in [0.25, 0.3) is 0 Å². The third-order valence-electron chi connectivity index (χ3n) is 3.29. The number of nitrogens with one attached hydrogen (secondary N) is 1. The molecule has 0 aliphatic carbocycles. The van der Waals surface area contributed by atoms with Gasteiger partial charge in [0.05, 0.1) is 5.56 Å². The first-order valence-corrected chi connectivity index (χ1v) is 8.56. The van der Waals surface area contributed by atoms with Crippen LogP contribution in [-0.4, -0.2) is 22.8 Å². The van der Waals surface area contributed by atoms with Crippen molar-refractivity contribution >= 4 is 10.8 Å². The monoisotopic (exact) mass is 321 g/mol. The number of benzene rings is 1. The Kier molecular flexibility index (Phi) is 7.39. The normalized spacial score (nSPS) is 14.9. The second kappa shape index (κ2) is 8.54. The summed E-state index contributed by atoms with van der Waals surface area (Å²) in [6.07, 6.45) is -1.38. The topological polar surface area (TPSA) is 29.1 Å². The van der Waals surface area contributed by atoms with Crippen LogP contribution in [0.2, 0.25) is 0 Å². The van der Waals surface area contributed by atoms with Crippen LogP contribution in [0.25, 0.3) is 0 Å². The van der Waals surface area contributed by atoms with Crippen molar-refractivity contribution in [2.45, 2.75) is 38.4 Å². The highest BCUT2D eigenvalue weighted by atomic mass is 32.2. The number of halogens is 3. The van der Waals surface area contributed by atoms with Gasteiger partial charge in [-0.15, -0.1) is 0 Å². The summed E-state index contributed by atoms with van der Waals surface area (Å²) in [6.45, 7) is 2.07. The fraction of sp³-hybridized carbons (Fsp3) is 0.600. The van der Waals surface area contributed by atoms with Crippen LogP contribution in [0.4, 0.5) is 13.2 Å². The van der Waals surface area contributed by atoms with Gasteiger partial charge in [-0.1, -0.05) is 31.9 Å². The van der Waals surface area contributed by atoms with E-state index in [1.54, 1.807) is 13.1 Å². The van der Waals surface area contributed by atoms with E-state index in [2.05, 4.69) is 12.2 Å². The fourth-order valence-corrected chi connectivity index (χ4v) is 3.48. The molecule has 0 saturated heterocycles. The van der Waals surface area contributed by atoms with Gasteiger partial charge in [-0.05, 0) is 31.2 Å². The van der Waals surface area contributed by atoms with E-state index in [-0.39, 0.29) is 6.04 Å². The van der Waals surface area contributed by atoms with Gasteiger partial charge in [0.1, 0.15) is 0 Å². The lowest BCUT2D eigenvalue weighted by Crippen LogP contribution is -2.24. The van der Waals surface area contributed by atoms with E-state index in [1.165, 1.54) is 6.07 Å². The second-order valence-corrected chi connectivity index (χ2v) is 6.60. The molecule has 1 N–H and O–H groups in total. The van der Waals surface area contributed by atoms with Crippen molar-refractivity contribution in [3.8, 4) is 0 Å². The van der Waals surface area contributed by atoms with Crippen LogP contribution in [0.5, 0.6) is 0 Å². The zero-order valence-electron chi connectivity index (χ0n) is 12.4. The molecule has 6 heteroatoms. The highest BCUT2D eigenvalue weighted by molar-refractivity contribution is 7.85. The summed E-state index contributed by atoms with van der Waals surface area (Å²) < 4.78 is 50.2. The Morgan fingerprint density at radius 1 is 1.29 bits per heavy atom. The summed E-state index contributed by atoms with van der Waals surface area (Å²) in [5.41, 5.74) is -0.145. The Morgan fingerprint density at radius 3 is 2.57 bits per heavy atom. The molecule has 1 aromatic rings. The second-order valence-electron chi connectivity index (χ2n) is 4.98. The molecule has 0 heterocycles. The summed E-state index contributed by atoms with van der Waals surface area (Å²) in [4.78, 5) is 0. The molecular weight excluding hydrogens is 299 g/mol. The Balaban J connectivity index is 2.74. The zero-order chi connectivity index (χ0) is 15.9. The number of hydrogen-bond acceptors (Lipinski definition) is 2. The molecule has 0 bridgehead atoms. The van der Waals surface area contributed by atoms with Crippen LogP contribution in [0.1, 0.15) is 43.4 Å². The number of hydrogen-bond donors (Lipinski definition) is 1. The minimum Gasteiger partial charge on any atom is -0.312 e. The van der Waals surface area contributed by atoms with Crippen molar-refractivity contribution in [2.75, 3.05) is 18.6 Å². The van der Waals surface area contributed by atoms with Gasteiger partial charge in [-0.2, -0.15) is 13.2 Å². The van der Waals surface area contributed by atoms with Gasteiger partial charge in [0, 0.05) is 28.3 Å². The highest BCUT2D eigenvalue weighted by Crippen LogP contribution is 2.30. The van der Waals surface area contributed by atoms with Crippen molar-refractivity contribution in [1.29, 1.82) is 0 Å². The fourth-order valence-electron chi connectivity index (χ4n) is 2.06. The molecule has 1 rings (SSSR count). The smallest absolute Gasteiger partial charge is 0.312 e. The third-order valence-corrected chi connectivity index (χ3v) is 4.74. The van der Waals surface area contributed by atoms with Gasteiger partial charge >= 0.3 is 6.18 Å². The predicted octanol–water partition coefficient (Wildman–Crippen LogP) is 3.90. The maximum Gasteiger partial charge on any atom is 0.416 e. The van der Waals surface area contributed by atoms with E-state index in [1.807, 2.05) is 0 Å². The molecule has 0 fully saturated rings. The molecule has 0 aliphatic heterocycles. The van der Waals surface area contributed by atoms with Gasteiger partial charge in [-0.25, -0.2) is 0 Å². The molecule has 0 aromatic heterocycles. The minimum absolute atomic E-state index is 0.324. The average Bonchev–Trinajstić information content (AvgIpc) is 2.44. The Hall–Kier alpha value is -0.880. The molecule has 0 amide bonds. The standard InChI is InChI=1S/C15H22F3NOS/c1-3-4-5-9-21(20)11-14(19-2)12-7-6-8-13(10-12)15(16,17)18/h6-8,10,14,19H,3-5,9,11H2,1-2H3. The van der Waals surface area contributed by atoms with E-state index >= 15 is 0 Å². The van der Waals surface area contributed by atoms with Crippen molar-refractivity contribution in [3.63, 3.8) is 0 Å². The molecule has 21 heavy (non-hydrogen) atoms. The van der Waals surface area contributed by atoms with E-state index in [4.69, 9.17) is 0 Å². The maximum atomic E-state index is 12.7. The summed E-state index contributed by atoms with van der Waals surface area (Å²) >= 11 is 0. The summed E-state index contributed by atoms with van der Waals surface area (Å²) in [5, 5.41) is 2.96. The maximum absolute atomic E-state index is 12.7. The van der Waals surface area contributed by atoms with E-state index in [9.17, 15) is 17.4 Å². The van der Waals surface area contributed by atoms with E-state index in [0.29, 0.717) is 17.1 Å². The van der Waals surface area contributed by atoms with Crippen molar-refractivity contribution in [1.82, 2.24) is 5.32 Å². The van der Waals surface area contributed by atoms with Crippen LogP contribution in [0, 0.1) is 0 Å². The molecule has 2 nitrogen and oxygen atoms in total. The van der Waals surface area contributed by atoms with Crippen molar-refractivity contribution in [3.05, 3.63) is 35.4 Å². The van der Waals surface area contributed by atoms with Gasteiger partial charge in [-0.3, -0.25) is 4.21 Å². The predicted molar refractivity (Wildman–Crippen MR) is 80.6 cm³/mol. The summed E-state index contributed by atoms with van der Waals surface area (Å²) in [7, 11) is 0.651. The first-order chi connectivity index (χ1) is 9.88. The summed E-state index contributed by atoms with van der Waals surface area (Å²) in [5.74, 6) is 0.937. The van der Waals surface area contributed by atoms with Crippen molar-refractivity contribution in [2.24, 2.45) is 0 Å². The Morgan fingerprint density at radius 2 is 2.00 bits per heavy atom. The molecule has 0 saturated carbocycles. The SMILES string of the molecule is CCCCCS(=O)CC(NC)c1cccc(C(F)(F)F)c1. The number of unbranched alkanes of at least 4 members (excludes halogenated alkanes) is 2. The Bertz CT molecular complexity index is 462. The lowest BCUT2D eigenvalue weighted by molar-refractivity contribution is -0.137. The van der Waals surface area contributed by atoms with E-state index < -0.39 is 22.5 Å². The number of rotatable bonds is 8. The number of alkyl halides is 3. The van der Waals surface area contributed by atoms with Crippen LogP contribution in [-0.2, 0) is 17.0 Å².